The molecule has 0 aliphatic rings. The Morgan fingerprint density at radius 1 is 0.850 bits per heavy atom. The fraction of sp³-hybridized carbons (Fsp3) is 0.111. The summed E-state index contributed by atoms with van der Waals surface area (Å²) in [5.74, 6) is 0. The van der Waals surface area contributed by atoms with Gasteiger partial charge >= 0.3 is 6.92 Å². The highest BCUT2D eigenvalue weighted by Crippen LogP contribution is 2.11. The molecule has 3 aromatic carbocycles. The molecule has 0 spiro atoms. The maximum Gasteiger partial charge on any atom is 0.359 e. The third-order valence-corrected chi connectivity index (χ3v) is 3.82. The van der Waals surface area contributed by atoms with E-state index in [-0.39, 0.29) is 0 Å². The molecule has 3 rings (SSSR count). The van der Waals surface area contributed by atoms with E-state index in [4.69, 9.17) is 0 Å². The van der Waals surface area contributed by atoms with Crippen LogP contribution in [0.4, 0.5) is 0 Å². The second-order valence-corrected chi connectivity index (χ2v) is 5.07. The van der Waals surface area contributed by atoms with Crippen LogP contribution in [-0.2, 0) is 6.42 Å². The minimum atomic E-state index is -0.577. The molecule has 0 fully saturated rings. The monoisotopic (exact) mass is 260 g/mol. The topological polar surface area (TPSA) is 20.2 Å². The van der Waals surface area contributed by atoms with Crippen LogP contribution in [0.25, 0.3) is 10.8 Å². The number of fused-ring (bicyclic) bond motifs is 1. The molecule has 0 unspecified atom stereocenters. The van der Waals surface area contributed by atoms with Crippen molar-refractivity contribution in [3.63, 3.8) is 0 Å². The third kappa shape index (κ3) is 2.35. The van der Waals surface area contributed by atoms with Gasteiger partial charge in [0.1, 0.15) is 0 Å². The van der Waals surface area contributed by atoms with E-state index in [2.05, 4.69) is 37.3 Å². The maximum atomic E-state index is 10.7. The average molecular weight is 260 g/mol. The Morgan fingerprint density at radius 2 is 1.55 bits per heavy atom. The molecule has 0 bridgehead atoms. The molecule has 0 saturated heterocycles. The summed E-state index contributed by atoms with van der Waals surface area (Å²) in [6.45, 7) is 1.56. The molecule has 0 heterocycles. The van der Waals surface area contributed by atoms with E-state index in [1.54, 1.807) is 0 Å². The van der Waals surface area contributed by atoms with Gasteiger partial charge in [0.05, 0.1) is 0 Å². The smallest absolute Gasteiger partial charge is 0.359 e. The summed E-state index contributed by atoms with van der Waals surface area (Å²) >= 11 is 0. The zero-order valence-electron chi connectivity index (χ0n) is 11.6. The molecule has 1 N–H and O–H groups in total. The van der Waals surface area contributed by atoms with Crippen LogP contribution in [0.5, 0.6) is 0 Å². The van der Waals surface area contributed by atoms with Crippen LogP contribution in [0, 0.1) is 0 Å². The molecule has 98 valence electrons. The minimum absolute atomic E-state index is 0.577. The van der Waals surface area contributed by atoms with E-state index in [9.17, 15) is 5.02 Å². The Morgan fingerprint density at radius 3 is 2.30 bits per heavy atom. The number of rotatable bonds is 3. The summed E-state index contributed by atoms with van der Waals surface area (Å²) in [6, 6.07) is 22.5. The molecule has 2 heteroatoms. The van der Waals surface area contributed by atoms with Gasteiger partial charge in [0.25, 0.3) is 0 Å². The number of benzene rings is 3. The van der Waals surface area contributed by atoms with Gasteiger partial charge in [0, 0.05) is 0 Å². The van der Waals surface area contributed by atoms with Crippen molar-refractivity contribution in [3.05, 3.63) is 72.3 Å². The fourth-order valence-corrected chi connectivity index (χ4v) is 2.60. The molecule has 0 radical (unpaired) electrons. The Hall–Kier alpha value is -2.06. The highest BCUT2D eigenvalue weighted by Gasteiger charge is 2.18. The molecule has 0 aliphatic heterocycles. The van der Waals surface area contributed by atoms with Crippen molar-refractivity contribution in [2.24, 2.45) is 0 Å². The van der Waals surface area contributed by atoms with Crippen LogP contribution in [0.2, 0.25) is 0 Å². The van der Waals surface area contributed by atoms with E-state index in [1.807, 2.05) is 36.4 Å². The molecule has 0 aromatic heterocycles. The van der Waals surface area contributed by atoms with Crippen LogP contribution < -0.4 is 10.9 Å². The van der Waals surface area contributed by atoms with Crippen LogP contribution in [0.3, 0.4) is 0 Å². The summed E-state index contributed by atoms with van der Waals surface area (Å²) in [5.41, 5.74) is 3.20. The van der Waals surface area contributed by atoms with E-state index in [0.29, 0.717) is 0 Å². The molecule has 1 nitrogen and oxygen atoms in total. The third-order valence-electron chi connectivity index (χ3n) is 3.82. The van der Waals surface area contributed by atoms with E-state index >= 15 is 0 Å². The van der Waals surface area contributed by atoms with Crippen molar-refractivity contribution in [1.29, 1.82) is 0 Å². The lowest BCUT2D eigenvalue weighted by atomic mass is 9.55. The predicted octanol–water partition coefficient (Wildman–Crippen LogP) is 2.50. The first-order chi connectivity index (χ1) is 9.79. The van der Waals surface area contributed by atoms with Gasteiger partial charge in [0.15, 0.2) is 0 Å². The Labute approximate surface area is 120 Å². The zero-order valence-corrected chi connectivity index (χ0v) is 11.6. The quantitative estimate of drug-likeness (QED) is 0.717. The highest BCUT2D eigenvalue weighted by molar-refractivity contribution is 6.80. The number of aryl methyl sites for hydroxylation is 1. The van der Waals surface area contributed by atoms with E-state index in [1.165, 1.54) is 5.56 Å². The van der Waals surface area contributed by atoms with Gasteiger partial charge in [-0.25, -0.2) is 0 Å². The van der Waals surface area contributed by atoms with Crippen molar-refractivity contribution in [1.82, 2.24) is 0 Å². The van der Waals surface area contributed by atoms with Crippen molar-refractivity contribution in [2.75, 3.05) is 0 Å². The molecule has 0 saturated carbocycles. The molecule has 3 aromatic rings. The SMILES string of the molecule is CCc1ccc(B(O)c2cccc3ccccc23)cc1. The fourth-order valence-electron chi connectivity index (χ4n) is 2.60. The van der Waals surface area contributed by atoms with Gasteiger partial charge in [-0.3, -0.25) is 0 Å². The summed E-state index contributed by atoms with van der Waals surface area (Å²) in [7, 11) is 0. The maximum absolute atomic E-state index is 10.7. The second-order valence-electron chi connectivity index (χ2n) is 5.07. The van der Waals surface area contributed by atoms with Gasteiger partial charge in [-0.2, -0.15) is 0 Å². The standard InChI is InChI=1S/C18H17BO/c1-2-14-10-12-16(13-11-14)19(20)18-9-5-7-15-6-3-4-8-17(15)18/h3-13,20H,2H2,1H3. The Bertz CT molecular complexity index is 714. The van der Waals surface area contributed by atoms with Gasteiger partial charge < -0.3 is 5.02 Å². The zero-order chi connectivity index (χ0) is 13.9. The van der Waals surface area contributed by atoms with Crippen LogP contribution in [0.15, 0.2) is 66.7 Å². The lowest BCUT2D eigenvalue weighted by Crippen LogP contribution is -2.42. The number of hydrogen-bond acceptors (Lipinski definition) is 1. The molecular weight excluding hydrogens is 243 g/mol. The highest BCUT2D eigenvalue weighted by atomic mass is 16.2. The largest absolute Gasteiger partial charge is 0.443 e. The van der Waals surface area contributed by atoms with Crippen molar-refractivity contribution in [2.45, 2.75) is 13.3 Å². The average Bonchev–Trinajstić information content (AvgIpc) is 2.54. The Kier molecular flexibility index (Phi) is 3.57. The lowest BCUT2D eigenvalue weighted by molar-refractivity contribution is 0.600. The minimum Gasteiger partial charge on any atom is -0.443 e. The Balaban J connectivity index is 2.05. The normalized spacial score (nSPS) is 10.7. The van der Waals surface area contributed by atoms with Crippen LogP contribution in [-0.4, -0.2) is 11.9 Å². The van der Waals surface area contributed by atoms with E-state index in [0.717, 1.165) is 28.1 Å². The van der Waals surface area contributed by atoms with Crippen LogP contribution in [0.1, 0.15) is 12.5 Å². The van der Waals surface area contributed by atoms with Gasteiger partial charge in [-0.1, -0.05) is 73.7 Å². The van der Waals surface area contributed by atoms with Crippen molar-refractivity contribution < 1.29 is 5.02 Å². The first-order valence-corrected chi connectivity index (χ1v) is 7.04. The first kappa shape index (κ1) is 13.0. The summed E-state index contributed by atoms with van der Waals surface area (Å²) in [4.78, 5) is 0. The second kappa shape index (κ2) is 5.52. The summed E-state index contributed by atoms with van der Waals surface area (Å²) < 4.78 is 0. The van der Waals surface area contributed by atoms with Crippen molar-refractivity contribution in [3.8, 4) is 0 Å². The van der Waals surface area contributed by atoms with Crippen molar-refractivity contribution >= 4 is 28.6 Å². The van der Waals surface area contributed by atoms with Gasteiger partial charge in [-0.15, -0.1) is 0 Å². The first-order valence-electron chi connectivity index (χ1n) is 7.04. The molecular formula is C18H17BO. The van der Waals surface area contributed by atoms with Crippen LogP contribution >= 0.6 is 0 Å². The molecule has 20 heavy (non-hydrogen) atoms. The van der Waals surface area contributed by atoms with E-state index < -0.39 is 6.92 Å². The summed E-state index contributed by atoms with van der Waals surface area (Å²) in [5, 5.41) is 12.9. The lowest BCUT2D eigenvalue weighted by Gasteiger charge is -2.11. The number of hydrogen-bond donors (Lipinski definition) is 1. The van der Waals surface area contributed by atoms with Gasteiger partial charge in [-0.05, 0) is 33.7 Å². The summed E-state index contributed by atoms with van der Waals surface area (Å²) in [6.07, 6.45) is 1.02. The molecule has 0 aliphatic carbocycles. The van der Waals surface area contributed by atoms with Gasteiger partial charge in [0.2, 0.25) is 0 Å². The molecule has 0 atom stereocenters. The molecule has 0 amide bonds. The predicted molar refractivity (Wildman–Crippen MR) is 87.0 cm³/mol.